The molecular weight excluding hydrogens is 392 g/mol. The zero-order valence-electron chi connectivity index (χ0n) is 9.92. The Kier molecular flexibility index (Phi) is 4.80. The lowest BCUT2D eigenvalue weighted by molar-refractivity contribution is 0.0944. The van der Waals surface area contributed by atoms with Crippen LogP contribution in [0.2, 0.25) is 0 Å². The molecule has 0 aliphatic carbocycles. The van der Waals surface area contributed by atoms with Gasteiger partial charge in [-0.2, -0.15) is 5.10 Å². The van der Waals surface area contributed by atoms with Gasteiger partial charge in [-0.3, -0.25) is 4.79 Å². The van der Waals surface area contributed by atoms with Crippen molar-refractivity contribution in [2.45, 2.75) is 0 Å². The summed E-state index contributed by atoms with van der Waals surface area (Å²) < 4.78 is 1.47. The maximum Gasteiger partial charge on any atom is 0.309 e. The quantitative estimate of drug-likeness (QED) is 0.613. The number of nitrogens with zero attached hydrogens (tertiary/aromatic N) is 3. The van der Waals surface area contributed by atoms with Gasteiger partial charge in [-0.1, -0.05) is 15.9 Å². The number of aromatic nitrogens is 2. The normalized spacial score (nSPS) is 10.7. The van der Waals surface area contributed by atoms with E-state index < -0.39 is 5.91 Å². The molecule has 2 rings (SSSR count). The maximum atomic E-state index is 11.7. The van der Waals surface area contributed by atoms with Crippen molar-refractivity contribution >= 4 is 44.0 Å². The molecule has 0 radical (unpaired) electrons. The number of rotatable bonds is 3. The number of hydrogen-bond donors (Lipinski definition) is 2. The lowest BCUT2D eigenvalue weighted by Crippen LogP contribution is -2.20. The van der Waals surface area contributed by atoms with Crippen LogP contribution in [-0.4, -0.2) is 27.2 Å². The van der Waals surface area contributed by atoms with Gasteiger partial charge in [0.05, 0.1) is 10.7 Å². The van der Waals surface area contributed by atoms with Crippen molar-refractivity contribution in [3.05, 3.63) is 50.9 Å². The number of hydrazone groups is 1. The Hall–Kier alpha value is -1.80. The summed E-state index contributed by atoms with van der Waals surface area (Å²) in [6.07, 6.45) is 4.26. The minimum absolute atomic E-state index is 0.00353. The lowest BCUT2D eigenvalue weighted by atomic mass is 10.2. The number of benzene rings is 1. The minimum Gasteiger partial charge on any atom is -0.507 e. The van der Waals surface area contributed by atoms with Crippen molar-refractivity contribution < 1.29 is 9.90 Å². The van der Waals surface area contributed by atoms with Gasteiger partial charge in [0, 0.05) is 22.4 Å². The van der Waals surface area contributed by atoms with E-state index in [1.165, 1.54) is 24.7 Å². The fourth-order valence-corrected chi connectivity index (χ4v) is 1.85. The molecule has 102 valence electrons. The SMILES string of the molecule is O=C(N/N=C/c1cc(Br)ccc1O)c1ncc(Br)cn1. The fraction of sp³-hybridized carbons (Fsp3) is 0. The van der Waals surface area contributed by atoms with Crippen LogP contribution in [0.4, 0.5) is 0 Å². The molecule has 1 amide bonds. The summed E-state index contributed by atoms with van der Waals surface area (Å²) in [6, 6.07) is 4.88. The number of amides is 1. The molecular formula is C12H8Br2N4O2. The Labute approximate surface area is 131 Å². The number of phenols is 1. The van der Waals surface area contributed by atoms with E-state index in [1.807, 2.05) is 0 Å². The molecule has 8 heteroatoms. The molecule has 0 fully saturated rings. The van der Waals surface area contributed by atoms with Gasteiger partial charge in [-0.15, -0.1) is 0 Å². The van der Waals surface area contributed by atoms with Crippen molar-refractivity contribution in [2.75, 3.05) is 0 Å². The molecule has 2 aromatic rings. The smallest absolute Gasteiger partial charge is 0.309 e. The molecule has 0 atom stereocenters. The summed E-state index contributed by atoms with van der Waals surface area (Å²) in [6.45, 7) is 0. The zero-order chi connectivity index (χ0) is 14.5. The zero-order valence-corrected chi connectivity index (χ0v) is 13.1. The number of hydrogen-bond acceptors (Lipinski definition) is 5. The van der Waals surface area contributed by atoms with Gasteiger partial charge in [-0.25, -0.2) is 15.4 Å². The number of carbonyl (C=O) groups excluding carboxylic acids is 1. The first kappa shape index (κ1) is 14.6. The molecule has 1 aromatic carbocycles. The first-order valence-electron chi connectivity index (χ1n) is 5.36. The van der Waals surface area contributed by atoms with E-state index in [1.54, 1.807) is 12.1 Å². The molecule has 0 saturated carbocycles. The van der Waals surface area contributed by atoms with Crippen LogP contribution in [0.25, 0.3) is 0 Å². The molecule has 0 aliphatic heterocycles. The van der Waals surface area contributed by atoms with Crippen LogP contribution < -0.4 is 5.43 Å². The van der Waals surface area contributed by atoms with Crippen molar-refractivity contribution in [3.8, 4) is 5.75 Å². The van der Waals surface area contributed by atoms with Crippen LogP contribution >= 0.6 is 31.9 Å². The fourth-order valence-electron chi connectivity index (χ4n) is 1.27. The van der Waals surface area contributed by atoms with Gasteiger partial charge in [0.15, 0.2) is 0 Å². The summed E-state index contributed by atoms with van der Waals surface area (Å²) in [4.78, 5) is 19.3. The molecule has 1 aromatic heterocycles. The number of nitrogens with one attached hydrogen (secondary N) is 1. The average molecular weight is 400 g/mol. The second kappa shape index (κ2) is 6.58. The third-order valence-corrected chi connectivity index (χ3v) is 3.09. The highest BCUT2D eigenvalue weighted by Crippen LogP contribution is 2.19. The standard InChI is InChI=1S/C12H8Br2N4O2/c13-8-1-2-10(19)7(3-8)4-17-18-12(20)11-15-5-9(14)6-16-11/h1-6,19H,(H,18,20)/b17-4+. The highest BCUT2D eigenvalue weighted by Gasteiger charge is 2.07. The summed E-state index contributed by atoms with van der Waals surface area (Å²) >= 11 is 6.45. The second-order valence-corrected chi connectivity index (χ2v) is 5.46. The first-order valence-corrected chi connectivity index (χ1v) is 6.94. The third-order valence-electron chi connectivity index (χ3n) is 2.18. The van der Waals surface area contributed by atoms with E-state index >= 15 is 0 Å². The van der Waals surface area contributed by atoms with Crippen LogP contribution in [-0.2, 0) is 0 Å². The van der Waals surface area contributed by atoms with Gasteiger partial charge in [0.1, 0.15) is 5.75 Å². The third kappa shape index (κ3) is 3.84. The van der Waals surface area contributed by atoms with Gasteiger partial charge in [-0.05, 0) is 34.1 Å². The van der Waals surface area contributed by atoms with Crippen LogP contribution in [0.15, 0.2) is 44.6 Å². The predicted molar refractivity (Wildman–Crippen MR) is 80.6 cm³/mol. The summed E-state index contributed by atoms with van der Waals surface area (Å²) in [5.41, 5.74) is 2.75. The number of phenolic OH excluding ortho intramolecular Hbond substituents is 1. The Morgan fingerprint density at radius 1 is 1.25 bits per heavy atom. The maximum absolute atomic E-state index is 11.7. The molecule has 0 saturated heterocycles. The molecule has 0 unspecified atom stereocenters. The predicted octanol–water partition coefficient (Wildman–Crippen LogP) is 2.47. The largest absolute Gasteiger partial charge is 0.507 e. The van der Waals surface area contributed by atoms with E-state index in [4.69, 9.17) is 0 Å². The second-order valence-electron chi connectivity index (χ2n) is 3.63. The average Bonchev–Trinajstić information content (AvgIpc) is 2.43. The van der Waals surface area contributed by atoms with Crippen LogP contribution in [0.5, 0.6) is 5.75 Å². The lowest BCUT2D eigenvalue weighted by Gasteiger charge is -2.00. The van der Waals surface area contributed by atoms with Crippen LogP contribution in [0.1, 0.15) is 16.2 Å². The topological polar surface area (TPSA) is 87.5 Å². The monoisotopic (exact) mass is 398 g/mol. The van der Waals surface area contributed by atoms with E-state index in [0.29, 0.717) is 10.0 Å². The number of halogens is 2. The summed E-state index contributed by atoms with van der Waals surface area (Å²) in [5.74, 6) is -0.474. The Morgan fingerprint density at radius 2 is 1.95 bits per heavy atom. The van der Waals surface area contributed by atoms with Crippen molar-refractivity contribution in [1.29, 1.82) is 0 Å². The van der Waals surface area contributed by atoms with Crippen molar-refractivity contribution in [3.63, 3.8) is 0 Å². The Morgan fingerprint density at radius 3 is 2.65 bits per heavy atom. The van der Waals surface area contributed by atoms with E-state index in [-0.39, 0.29) is 11.6 Å². The molecule has 20 heavy (non-hydrogen) atoms. The molecule has 0 bridgehead atoms. The molecule has 6 nitrogen and oxygen atoms in total. The molecule has 0 spiro atoms. The van der Waals surface area contributed by atoms with Gasteiger partial charge < -0.3 is 5.11 Å². The molecule has 0 aliphatic rings. The first-order chi connectivity index (χ1) is 9.56. The van der Waals surface area contributed by atoms with E-state index in [9.17, 15) is 9.90 Å². The van der Waals surface area contributed by atoms with Crippen LogP contribution in [0, 0.1) is 0 Å². The Balaban J connectivity index is 2.04. The van der Waals surface area contributed by atoms with Crippen molar-refractivity contribution in [1.82, 2.24) is 15.4 Å². The van der Waals surface area contributed by atoms with Gasteiger partial charge >= 0.3 is 5.91 Å². The molecule has 2 N–H and O–H groups in total. The van der Waals surface area contributed by atoms with E-state index in [0.717, 1.165) is 4.47 Å². The summed E-state index contributed by atoms with van der Waals surface area (Å²) in [5, 5.41) is 13.3. The van der Waals surface area contributed by atoms with Crippen LogP contribution in [0.3, 0.4) is 0 Å². The van der Waals surface area contributed by atoms with E-state index in [2.05, 4.69) is 52.4 Å². The Bertz CT molecular complexity index is 659. The minimum atomic E-state index is -0.539. The van der Waals surface area contributed by atoms with Crippen molar-refractivity contribution in [2.24, 2.45) is 5.10 Å². The highest BCUT2D eigenvalue weighted by atomic mass is 79.9. The van der Waals surface area contributed by atoms with Gasteiger partial charge in [0.25, 0.3) is 0 Å². The van der Waals surface area contributed by atoms with Gasteiger partial charge in [0.2, 0.25) is 5.82 Å². The number of carbonyl (C=O) groups is 1. The summed E-state index contributed by atoms with van der Waals surface area (Å²) in [7, 11) is 0. The number of aromatic hydroxyl groups is 1. The highest BCUT2D eigenvalue weighted by molar-refractivity contribution is 9.10. The molecule has 1 heterocycles.